The number of hydrogen-bond acceptors (Lipinski definition) is 3. The predicted octanol–water partition coefficient (Wildman–Crippen LogP) is 3.57. The molecule has 0 aromatic carbocycles. The van der Waals surface area contributed by atoms with Gasteiger partial charge in [-0.15, -0.1) is 0 Å². The first-order valence-electron chi connectivity index (χ1n) is 5.66. The number of alkyl halides is 2. The highest BCUT2D eigenvalue weighted by molar-refractivity contribution is 5.51. The lowest BCUT2D eigenvalue weighted by Crippen LogP contribution is -2.39. The van der Waals surface area contributed by atoms with Crippen molar-refractivity contribution in [1.82, 2.24) is 4.98 Å². The van der Waals surface area contributed by atoms with Crippen LogP contribution in [0.25, 0.3) is 10.4 Å². The van der Waals surface area contributed by atoms with Crippen LogP contribution in [0.15, 0.2) is 17.4 Å². The normalized spacial score (nSPS) is 18.3. The highest BCUT2D eigenvalue weighted by atomic mass is 19.3. The van der Waals surface area contributed by atoms with Gasteiger partial charge < -0.3 is 4.90 Å². The molecule has 0 atom stereocenters. The summed E-state index contributed by atoms with van der Waals surface area (Å²) in [5.41, 5.74) is 9.61. The number of pyridine rings is 1. The van der Waals surface area contributed by atoms with Crippen molar-refractivity contribution < 1.29 is 8.78 Å². The van der Waals surface area contributed by atoms with Gasteiger partial charge in [-0.1, -0.05) is 5.11 Å². The van der Waals surface area contributed by atoms with Gasteiger partial charge in [-0.05, 0) is 24.1 Å². The molecule has 5 nitrogen and oxygen atoms in total. The Kier molecular flexibility index (Phi) is 3.34. The lowest BCUT2D eigenvalue weighted by molar-refractivity contribution is -0.0221. The average molecular weight is 253 g/mol. The van der Waals surface area contributed by atoms with Gasteiger partial charge >= 0.3 is 0 Å². The minimum absolute atomic E-state index is 0.147. The summed E-state index contributed by atoms with van der Waals surface area (Å²) in [5.74, 6) is -1.91. The Bertz CT molecular complexity index is 486. The second kappa shape index (κ2) is 4.78. The van der Waals surface area contributed by atoms with Crippen LogP contribution in [0, 0.1) is 6.92 Å². The van der Waals surface area contributed by atoms with Crippen molar-refractivity contribution in [1.29, 1.82) is 0 Å². The van der Waals surface area contributed by atoms with Crippen LogP contribution in [-0.2, 0) is 0 Å². The zero-order valence-electron chi connectivity index (χ0n) is 9.98. The molecule has 0 amide bonds. The largest absolute Gasteiger partial charge is 0.356 e. The van der Waals surface area contributed by atoms with Crippen LogP contribution >= 0.6 is 0 Å². The number of nitrogens with zero attached hydrogens (tertiary/aromatic N) is 5. The van der Waals surface area contributed by atoms with Crippen LogP contribution in [0.5, 0.6) is 0 Å². The lowest BCUT2D eigenvalue weighted by atomic mass is 10.1. The molecule has 0 aliphatic carbocycles. The molecular weight excluding hydrogens is 240 g/mol. The summed E-state index contributed by atoms with van der Waals surface area (Å²) in [6.07, 6.45) is 1.18. The molecular formula is C11H13F2N5. The SMILES string of the molecule is Cc1cc(N2CCC(F)(F)CC2)ncc1N=[N+]=[N-]. The monoisotopic (exact) mass is 253 g/mol. The van der Waals surface area contributed by atoms with Crippen LogP contribution in [0.3, 0.4) is 0 Å². The van der Waals surface area contributed by atoms with Gasteiger partial charge in [0.05, 0.1) is 5.69 Å². The maximum absolute atomic E-state index is 13.0. The van der Waals surface area contributed by atoms with Gasteiger partial charge in [-0.25, -0.2) is 13.8 Å². The van der Waals surface area contributed by atoms with Gasteiger partial charge in [0.25, 0.3) is 5.92 Å². The Balaban J connectivity index is 2.15. The van der Waals surface area contributed by atoms with Gasteiger partial charge in [-0.2, -0.15) is 0 Å². The van der Waals surface area contributed by atoms with E-state index in [2.05, 4.69) is 15.0 Å². The predicted molar refractivity (Wildman–Crippen MR) is 64.2 cm³/mol. The summed E-state index contributed by atoms with van der Waals surface area (Å²) in [4.78, 5) is 8.67. The van der Waals surface area contributed by atoms with Crippen LogP contribution in [-0.4, -0.2) is 24.0 Å². The first kappa shape index (κ1) is 12.6. The van der Waals surface area contributed by atoms with Crippen molar-refractivity contribution in [2.24, 2.45) is 5.11 Å². The maximum Gasteiger partial charge on any atom is 0.251 e. The number of azide groups is 1. The lowest BCUT2D eigenvalue weighted by Gasteiger charge is -2.32. The fraction of sp³-hybridized carbons (Fsp3) is 0.545. The third-order valence-corrected chi connectivity index (χ3v) is 3.04. The number of piperidine rings is 1. The quantitative estimate of drug-likeness (QED) is 0.459. The fourth-order valence-corrected chi connectivity index (χ4v) is 1.92. The van der Waals surface area contributed by atoms with Crippen LogP contribution in [0.4, 0.5) is 20.3 Å². The molecule has 1 aromatic rings. The molecule has 0 saturated carbocycles. The molecule has 1 aliphatic heterocycles. The van der Waals surface area contributed by atoms with Gasteiger partial charge in [0.2, 0.25) is 0 Å². The second-order valence-electron chi connectivity index (χ2n) is 4.36. The van der Waals surface area contributed by atoms with Crippen molar-refractivity contribution in [3.05, 3.63) is 28.3 Å². The molecule has 1 aromatic heterocycles. The van der Waals surface area contributed by atoms with E-state index in [1.165, 1.54) is 6.20 Å². The van der Waals surface area contributed by atoms with E-state index < -0.39 is 5.92 Å². The Morgan fingerprint density at radius 1 is 1.44 bits per heavy atom. The number of rotatable bonds is 2. The third kappa shape index (κ3) is 2.68. The zero-order valence-corrected chi connectivity index (χ0v) is 9.98. The van der Waals surface area contributed by atoms with Crippen molar-refractivity contribution in [2.45, 2.75) is 25.7 Å². The Hall–Kier alpha value is -1.88. The molecule has 1 fully saturated rings. The molecule has 0 unspecified atom stereocenters. The molecule has 1 saturated heterocycles. The summed E-state index contributed by atoms with van der Waals surface area (Å²) in [6, 6.07) is 1.76. The summed E-state index contributed by atoms with van der Waals surface area (Å²) < 4.78 is 26.1. The second-order valence-corrected chi connectivity index (χ2v) is 4.36. The number of aryl methyl sites for hydroxylation is 1. The number of aromatic nitrogens is 1. The van der Waals surface area contributed by atoms with Gasteiger partial charge in [0.1, 0.15) is 5.82 Å². The van der Waals surface area contributed by atoms with Crippen molar-refractivity contribution >= 4 is 11.5 Å². The molecule has 0 radical (unpaired) electrons. The van der Waals surface area contributed by atoms with Gasteiger partial charge in [0, 0.05) is 37.0 Å². The highest BCUT2D eigenvalue weighted by Gasteiger charge is 2.34. The number of hydrogen-bond donors (Lipinski definition) is 0. The third-order valence-electron chi connectivity index (χ3n) is 3.04. The number of anilines is 1. The minimum Gasteiger partial charge on any atom is -0.356 e. The van der Waals surface area contributed by atoms with E-state index in [1.807, 2.05) is 4.90 Å². The molecule has 0 bridgehead atoms. The Labute approximate surface area is 103 Å². The molecule has 0 spiro atoms. The molecule has 18 heavy (non-hydrogen) atoms. The molecule has 2 rings (SSSR count). The topological polar surface area (TPSA) is 64.9 Å². The summed E-state index contributed by atoms with van der Waals surface area (Å²) in [7, 11) is 0. The van der Waals surface area contributed by atoms with E-state index in [9.17, 15) is 8.78 Å². The molecule has 1 aliphatic rings. The first-order valence-corrected chi connectivity index (χ1v) is 5.66. The number of halogens is 2. The summed E-state index contributed by atoms with van der Waals surface area (Å²) in [5, 5.41) is 3.50. The zero-order chi connectivity index (χ0) is 13.2. The van der Waals surface area contributed by atoms with E-state index in [-0.39, 0.29) is 12.8 Å². The fourth-order valence-electron chi connectivity index (χ4n) is 1.92. The van der Waals surface area contributed by atoms with Crippen LogP contribution in [0.1, 0.15) is 18.4 Å². The van der Waals surface area contributed by atoms with Crippen LogP contribution < -0.4 is 4.90 Å². The van der Waals surface area contributed by atoms with E-state index >= 15 is 0 Å². The smallest absolute Gasteiger partial charge is 0.251 e. The van der Waals surface area contributed by atoms with E-state index in [4.69, 9.17) is 5.53 Å². The van der Waals surface area contributed by atoms with E-state index in [1.54, 1.807) is 13.0 Å². The summed E-state index contributed by atoms with van der Waals surface area (Å²) >= 11 is 0. The van der Waals surface area contributed by atoms with Crippen molar-refractivity contribution in [2.75, 3.05) is 18.0 Å². The summed E-state index contributed by atoms with van der Waals surface area (Å²) in [6.45, 7) is 2.38. The van der Waals surface area contributed by atoms with E-state index in [0.717, 1.165) is 5.56 Å². The van der Waals surface area contributed by atoms with E-state index in [0.29, 0.717) is 24.6 Å². The average Bonchev–Trinajstić information content (AvgIpc) is 2.32. The standard InChI is InChI=1S/C11H13F2N5/c1-8-6-10(15-7-9(8)16-17-14)18-4-2-11(12,13)3-5-18/h6-7H,2-5H2,1H3. The molecule has 96 valence electrons. The van der Waals surface area contributed by atoms with Crippen molar-refractivity contribution in [3.63, 3.8) is 0 Å². The Morgan fingerprint density at radius 2 is 2.11 bits per heavy atom. The molecule has 2 heterocycles. The van der Waals surface area contributed by atoms with Gasteiger partial charge in [-0.3, -0.25) is 0 Å². The Morgan fingerprint density at radius 3 is 2.67 bits per heavy atom. The maximum atomic E-state index is 13.0. The molecule has 7 heteroatoms. The van der Waals surface area contributed by atoms with Crippen LogP contribution in [0.2, 0.25) is 0 Å². The van der Waals surface area contributed by atoms with Gasteiger partial charge in [0.15, 0.2) is 0 Å². The first-order chi connectivity index (χ1) is 8.52. The highest BCUT2D eigenvalue weighted by Crippen LogP contribution is 2.31. The molecule has 0 N–H and O–H groups in total. The minimum atomic E-state index is -2.56. The van der Waals surface area contributed by atoms with Crippen molar-refractivity contribution in [3.8, 4) is 0 Å².